The van der Waals surface area contributed by atoms with Crippen molar-refractivity contribution in [2.45, 2.75) is 0 Å². The van der Waals surface area contributed by atoms with Gasteiger partial charge in [0.15, 0.2) is 0 Å². The van der Waals surface area contributed by atoms with Crippen LogP contribution in [0.1, 0.15) is 0 Å². The van der Waals surface area contributed by atoms with E-state index in [2.05, 4.69) is 33.5 Å². The molecule has 2 aromatic heterocycles. The third kappa shape index (κ3) is 2.11. The Morgan fingerprint density at radius 3 is 2.27 bits per heavy atom. The van der Waals surface area contributed by atoms with Crippen molar-refractivity contribution < 1.29 is 0 Å². The highest BCUT2D eigenvalue weighted by atomic mass is 35.5. The largest absolute Gasteiger partial charge is 0.313 e. The predicted octanol–water partition coefficient (Wildman–Crippen LogP) is 4.66. The Balaban J connectivity index is 1.82. The number of hydrogen-bond acceptors (Lipinski definition) is 1. The SMILES string of the molecule is Cn1c(-c2ccc(Cl)cc2)cn2cc(-c3ccccc3)nc12. The first-order valence-corrected chi connectivity index (χ1v) is 7.46. The average molecular weight is 308 g/mol. The van der Waals surface area contributed by atoms with E-state index in [0.717, 1.165) is 33.3 Å². The number of halogens is 1. The summed E-state index contributed by atoms with van der Waals surface area (Å²) in [6, 6.07) is 18.1. The van der Waals surface area contributed by atoms with E-state index in [-0.39, 0.29) is 0 Å². The third-order valence-electron chi connectivity index (χ3n) is 3.85. The second-order valence-electron chi connectivity index (χ2n) is 5.28. The second-order valence-corrected chi connectivity index (χ2v) is 5.72. The zero-order valence-electron chi connectivity index (χ0n) is 12.1. The fourth-order valence-corrected chi connectivity index (χ4v) is 2.82. The van der Waals surface area contributed by atoms with Gasteiger partial charge in [-0.25, -0.2) is 4.98 Å². The summed E-state index contributed by atoms with van der Waals surface area (Å²) in [4.78, 5) is 4.75. The minimum atomic E-state index is 0.745. The molecule has 0 spiro atoms. The van der Waals surface area contributed by atoms with Crippen LogP contribution in [0.15, 0.2) is 67.0 Å². The zero-order chi connectivity index (χ0) is 15.1. The van der Waals surface area contributed by atoms with E-state index in [9.17, 15) is 0 Å². The smallest absolute Gasteiger partial charge is 0.214 e. The van der Waals surface area contributed by atoms with Crippen molar-refractivity contribution in [3.63, 3.8) is 0 Å². The summed E-state index contributed by atoms with van der Waals surface area (Å²) >= 11 is 5.96. The summed E-state index contributed by atoms with van der Waals surface area (Å²) < 4.78 is 4.15. The van der Waals surface area contributed by atoms with Crippen LogP contribution in [0.4, 0.5) is 0 Å². The molecular formula is C18H14ClN3. The highest BCUT2D eigenvalue weighted by molar-refractivity contribution is 6.30. The molecule has 0 saturated heterocycles. The molecule has 0 aliphatic carbocycles. The van der Waals surface area contributed by atoms with Gasteiger partial charge in [-0.15, -0.1) is 0 Å². The second kappa shape index (κ2) is 5.04. The first-order chi connectivity index (χ1) is 10.7. The number of aryl methyl sites for hydroxylation is 1. The summed E-state index contributed by atoms with van der Waals surface area (Å²) in [6.45, 7) is 0. The van der Waals surface area contributed by atoms with Crippen LogP contribution in [0.25, 0.3) is 28.3 Å². The van der Waals surface area contributed by atoms with Crippen LogP contribution >= 0.6 is 11.6 Å². The Morgan fingerprint density at radius 2 is 1.59 bits per heavy atom. The van der Waals surface area contributed by atoms with Crippen LogP contribution in [0, 0.1) is 0 Å². The molecule has 0 amide bonds. The molecule has 3 nitrogen and oxygen atoms in total. The van der Waals surface area contributed by atoms with E-state index < -0.39 is 0 Å². The van der Waals surface area contributed by atoms with Crippen LogP contribution in [0.5, 0.6) is 0 Å². The highest BCUT2D eigenvalue weighted by Gasteiger charge is 2.12. The lowest BCUT2D eigenvalue weighted by atomic mass is 10.1. The normalized spacial score (nSPS) is 11.2. The van der Waals surface area contributed by atoms with Gasteiger partial charge in [0.2, 0.25) is 5.78 Å². The average Bonchev–Trinajstić information content (AvgIpc) is 3.09. The molecule has 108 valence electrons. The van der Waals surface area contributed by atoms with Gasteiger partial charge in [0, 0.05) is 30.0 Å². The zero-order valence-corrected chi connectivity index (χ0v) is 12.8. The minimum absolute atomic E-state index is 0.745. The molecule has 4 aromatic rings. The highest BCUT2D eigenvalue weighted by Crippen LogP contribution is 2.26. The Morgan fingerprint density at radius 1 is 0.864 bits per heavy atom. The molecular weight excluding hydrogens is 294 g/mol. The molecule has 0 bridgehead atoms. The number of hydrogen-bond donors (Lipinski definition) is 0. The number of aromatic nitrogens is 3. The van der Waals surface area contributed by atoms with Gasteiger partial charge in [0.05, 0.1) is 11.4 Å². The molecule has 4 rings (SSSR count). The fraction of sp³-hybridized carbons (Fsp3) is 0.0556. The van der Waals surface area contributed by atoms with E-state index in [1.54, 1.807) is 0 Å². The molecule has 22 heavy (non-hydrogen) atoms. The molecule has 0 radical (unpaired) electrons. The molecule has 0 aliphatic rings. The van der Waals surface area contributed by atoms with Crippen LogP contribution < -0.4 is 0 Å². The fourth-order valence-electron chi connectivity index (χ4n) is 2.69. The lowest BCUT2D eigenvalue weighted by Crippen LogP contribution is -1.92. The van der Waals surface area contributed by atoms with Gasteiger partial charge in [-0.2, -0.15) is 0 Å². The van der Waals surface area contributed by atoms with E-state index in [4.69, 9.17) is 16.6 Å². The van der Waals surface area contributed by atoms with Gasteiger partial charge in [0.1, 0.15) is 0 Å². The number of rotatable bonds is 2. The van der Waals surface area contributed by atoms with Gasteiger partial charge < -0.3 is 4.57 Å². The van der Waals surface area contributed by atoms with Crippen molar-refractivity contribution in [1.29, 1.82) is 0 Å². The third-order valence-corrected chi connectivity index (χ3v) is 4.10. The van der Waals surface area contributed by atoms with Crippen LogP contribution in [0.2, 0.25) is 5.02 Å². The van der Waals surface area contributed by atoms with E-state index in [1.807, 2.05) is 49.5 Å². The van der Waals surface area contributed by atoms with Crippen molar-refractivity contribution in [3.05, 3.63) is 72.0 Å². The van der Waals surface area contributed by atoms with Gasteiger partial charge in [0.25, 0.3) is 0 Å². The lowest BCUT2D eigenvalue weighted by Gasteiger charge is -2.02. The molecule has 2 aromatic carbocycles. The lowest BCUT2D eigenvalue weighted by molar-refractivity contribution is 0.945. The molecule has 0 aliphatic heterocycles. The van der Waals surface area contributed by atoms with Crippen molar-refractivity contribution in [1.82, 2.24) is 14.0 Å². The van der Waals surface area contributed by atoms with Crippen molar-refractivity contribution in [2.24, 2.45) is 7.05 Å². The molecule has 0 unspecified atom stereocenters. The van der Waals surface area contributed by atoms with E-state index in [0.29, 0.717) is 0 Å². The summed E-state index contributed by atoms with van der Waals surface area (Å²) in [5.74, 6) is 0.920. The quantitative estimate of drug-likeness (QED) is 0.528. The van der Waals surface area contributed by atoms with E-state index >= 15 is 0 Å². The predicted molar refractivity (Wildman–Crippen MR) is 90.0 cm³/mol. The number of fused-ring (bicyclic) bond motifs is 1. The molecule has 0 saturated carbocycles. The summed E-state index contributed by atoms with van der Waals surface area (Å²) in [5, 5.41) is 0.745. The molecule has 0 atom stereocenters. The first kappa shape index (κ1) is 13.2. The molecule has 0 fully saturated rings. The maximum absolute atomic E-state index is 5.96. The molecule has 0 N–H and O–H groups in total. The van der Waals surface area contributed by atoms with E-state index in [1.165, 1.54) is 0 Å². The van der Waals surface area contributed by atoms with Crippen molar-refractivity contribution in [3.8, 4) is 22.5 Å². The van der Waals surface area contributed by atoms with Crippen molar-refractivity contribution in [2.75, 3.05) is 0 Å². The maximum atomic E-state index is 5.96. The Labute approximate surface area is 133 Å². The first-order valence-electron chi connectivity index (χ1n) is 7.08. The number of nitrogens with zero attached hydrogens (tertiary/aromatic N) is 3. The summed E-state index contributed by atoms with van der Waals surface area (Å²) in [6.07, 6.45) is 4.15. The number of benzene rings is 2. The standard InChI is InChI=1S/C18H14ClN3/c1-21-17(14-7-9-15(19)10-8-14)12-22-11-16(20-18(21)22)13-5-3-2-4-6-13/h2-12H,1H3. The van der Waals surface area contributed by atoms with Crippen LogP contribution in [-0.2, 0) is 7.05 Å². The Hall–Kier alpha value is -2.52. The topological polar surface area (TPSA) is 22.2 Å². The van der Waals surface area contributed by atoms with Gasteiger partial charge >= 0.3 is 0 Å². The summed E-state index contributed by atoms with van der Waals surface area (Å²) in [5.41, 5.74) is 4.34. The van der Waals surface area contributed by atoms with Crippen LogP contribution in [0.3, 0.4) is 0 Å². The minimum Gasteiger partial charge on any atom is -0.313 e. The molecule has 4 heteroatoms. The van der Waals surface area contributed by atoms with Gasteiger partial charge in [-0.3, -0.25) is 4.40 Å². The Kier molecular flexibility index (Phi) is 3.01. The van der Waals surface area contributed by atoms with Crippen molar-refractivity contribution >= 4 is 17.4 Å². The van der Waals surface area contributed by atoms with Gasteiger partial charge in [-0.1, -0.05) is 54.1 Å². The summed E-state index contributed by atoms with van der Waals surface area (Å²) in [7, 11) is 2.03. The van der Waals surface area contributed by atoms with Crippen LogP contribution in [-0.4, -0.2) is 14.0 Å². The Bertz CT molecular complexity index is 934. The number of imidazole rings is 2. The van der Waals surface area contributed by atoms with Gasteiger partial charge in [-0.05, 0) is 17.7 Å². The molecule has 2 heterocycles. The maximum Gasteiger partial charge on any atom is 0.214 e. The monoisotopic (exact) mass is 307 g/mol.